The minimum absolute atomic E-state index is 0.295. The maximum atomic E-state index is 11.9. The van der Waals surface area contributed by atoms with Crippen LogP contribution in [0.3, 0.4) is 0 Å². The van der Waals surface area contributed by atoms with E-state index in [1.807, 2.05) is 6.92 Å². The van der Waals surface area contributed by atoms with Crippen molar-refractivity contribution in [3.8, 4) is 0 Å². The van der Waals surface area contributed by atoms with Gasteiger partial charge in [0.1, 0.15) is 5.76 Å². The molecule has 22 heavy (non-hydrogen) atoms. The van der Waals surface area contributed by atoms with E-state index in [2.05, 4.69) is 5.32 Å². The molecule has 0 radical (unpaired) electrons. The maximum absolute atomic E-state index is 11.9. The fraction of sp³-hybridized carbons (Fsp3) is 0.250. The molecule has 116 valence electrons. The largest absolute Gasteiger partial charge is 0.467 e. The lowest BCUT2D eigenvalue weighted by Gasteiger charge is -2.11. The molecule has 2 rings (SSSR count). The fourth-order valence-electron chi connectivity index (χ4n) is 1.87. The third-order valence-corrected chi connectivity index (χ3v) is 3.20. The summed E-state index contributed by atoms with van der Waals surface area (Å²) in [5, 5.41) is 2.68. The van der Waals surface area contributed by atoms with Crippen LogP contribution < -0.4 is 11.1 Å². The van der Waals surface area contributed by atoms with E-state index in [-0.39, 0.29) is 12.6 Å². The summed E-state index contributed by atoms with van der Waals surface area (Å²) >= 11 is 0. The van der Waals surface area contributed by atoms with E-state index in [1.54, 1.807) is 31.2 Å². The number of nitrogens with one attached hydrogen (secondary N) is 1. The molecule has 0 unspecified atom stereocenters. The summed E-state index contributed by atoms with van der Waals surface area (Å²) in [5.74, 6) is -0.365. The molecule has 0 aliphatic heterocycles. The molecular weight excluding hydrogens is 284 g/mol. The van der Waals surface area contributed by atoms with Gasteiger partial charge in [-0.1, -0.05) is 6.07 Å². The number of carbonyl (C=O) groups excluding carboxylic acids is 2. The average molecular weight is 302 g/mol. The van der Waals surface area contributed by atoms with Crippen molar-refractivity contribution in [1.82, 2.24) is 5.32 Å². The van der Waals surface area contributed by atoms with Crippen LogP contribution in [-0.4, -0.2) is 18.5 Å². The quantitative estimate of drug-likeness (QED) is 0.652. The van der Waals surface area contributed by atoms with Gasteiger partial charge in [-0.15, -0.1) is 0 Å². The molecule has 6 heteroatoms. The molecular formula is C16H18N2O4. The number of esters is 1. The summed E-state index contributed by atoms with van der Waals surface area (Å²) in [5.41, 5.74) is 7.43. The Bertz CT molecular complexity index is 665. The normalized spacial score (nSPS) is 11.7. The number of hydrogen-bond donors (Lipinski definition) is 2. The first-order valence-corrected chi connectivity index (χ1v) is 6.83. The summed E-state index contributed by atoms with van der Waals surface area (Å²) in [6.45, 7) is 3.25. The zero-order valence-electron chi connectivity index (χ0n) is 12.5. The van der Waals surface area contributed by atoms with Crippen LogP contribution in [0.2, 0.25) is 0 Å². The Morgan fingerprint density at radius 3 is 2.77 bits per heavy atom. The molecule has 1 aromatic carbocycles. The monoisotopic (exact) mass is 302 g/mol. The van der Waals surface area contributed by atoms with Crippen LogP contribution in [0.1, 0.15) is 34.6 Å². The van der Waals surface area contributed by atoms with Gasteiger partial charge in [0.2, 0.25) is 0 Å². The van der Waals surface area contributed by atoms with E-state index in [4.69, 9.17) is 14.9 Å². The molecule has 1 heterocycles. The molecule has 0 saturated carbocycles. The Kier molecular flexibility index (Phi) is 4.83. The van der Waals surface area contributed by atoms with Gasteiger partial charge in [-0.05, 0) is 43.7 Å². The number of rotatable bonds is 5. The van der Waals surface area contributed by atoms with E-state index < -0.39 is 11.9 Å². The molecule has 0 saturated heterocycles. The van der Waals surface area contributed by atoms with Gasteiger partial charge in [-0.25, -0.2) is 4.79 Å². The van der Waals surface area contributed by atoms with E-state index in [0.717, 1.165) is 5.56 Å². The van der Waals surface area contributed by atoms with Crippen molar-refractivity contribution in [3.05, 3.63) is 53.5 Å². The third-order valence-electron chi connectivity index (χ3n) is 3.20. The number of hydrogen-bond acceptors (Lipinski definition) is 5. The van der Waals surface area contributed by atoms with Crippen molar-refractivity contribution in [2.24, 2.45) is 0 Å². The second kappa shape index (κ2) is 6.80. The van der Waals surface area contributed by atoms with Crippen molar-refractivity contribution in [2.45, 2.75) is 19.9 Å². The number of nitrogen functional groups attached to an aromatic ring is 1. The van der Waals surface area contributed by atoms with Crippen molar-refractivity contribution >= 4 is 17.6 Å². The second-order valence-electron chi connectivity index (χ2n) is 4.95. The lowest BCUT2D eigenvalue weighted by Crippen LogP contribution is -2.31. The molecule has 0 spiro atoms. The first-order chi connectivity index (χ1) is 10.5. The van der Waals surface area contributed by atoms with E-state index in [0.29, 0.717) is 17.0 Å². The standard InChI is InChI=1S/C16H18N2O4/c1-10-5-6-12(8-13(10)17)16(20)22-9-15(19)18-11(2)14-4-3-7-21-14/h3-8,11H,9,17H2,1-2H3,(H,18,19)/t11-/m0/s1. The van der Waals surface area contributed by atoms with Crippen LogP contribution >= 0.6 is 0 Å². The predicted octanol–water partition coefficient (Wildman–Crippen LogP) is 2.20. The third kappa shape index (κ3) is 3.88. The van der Waals surface area contributed by atoms with Crippen LogP contribution in [0.5, 0.6) is 0 Å². The highest BCUT2D eigenvalue weighted by molar-refractivity contribution is 5.92. The van der Waals surface area contributed by atoms with E-state index in [1.165, 1.54) is 12.3 Å². The highest BCUT2D eigenvalue weighted by Crippen LogP contribution is 2.14. The molecule has 2 aromatic rings. The minimum Gasteiger partial charge on any atom is -0.467 e. The number of carbonyl (C=O) groups is 2. The van der Waals surface area contributed by atoms with Crippen LogP contribution in [0, 0.1) is 6.92 Å². The molecule has 3 N–H and O–H groups in total. The van der Waals surface area contributed by atoms with Gasteiger partial charge >= 0.3 is 5.97 Å². The van der Waals surface area contributed by atoms with Crippen molar-refractivity contribution in [1.29, 1.82) is 0 Å². The summed E-state index contributed by atoms with van der Waals surface area (Å²) < 4.78 is 10.1. The van der Waals surface area contributed by atoms with Gasteiger partial charge in [-0.3, -0.25) is 4.79 Å². The van der Waals surface area contributed by atoms with Crippen molar-refractivity contribution in [2.75, 3.05) is 12.3 Å². The van der Waals surface area contributed by atoms with Crippen LogP contribution in [0.25, 0.3) is 0 Å². The number of furan rings is 1. The lowest BCUT2D eigenvalue weighted by molar-refractivity contribution is -0.125. The van der Waals surface area contributed by atoms with Gasteiger partial charge in [-0.2, -0.15) is 0 Å². The molecule has 0 aliphatic rings. The summed E-state index contributed by atoms with van der Waals surface area (Å²) in [4.78, 5) is 23.6. The van der Waals surface area contributed by atoms with Crippen LogP contribution in [0.15, 0.2) is 41.0 Å². The first kappa shape index (κ1) is 15.6. The molecule has 1 atom stereocenters. The highest BCUT2D eigenvalue weighted by atomic mass is 16.5. The van der Waals surface area contributed by atoms with Gasteiger partial charge in [0.25, 0.3) is 5.91 Å². The summed E-state index contributed by atoms with van der Waals surface area (Å²) in [6, 6.07) is 8.06. The number of aryl methyl sites for hydroxylation is 1. The molecule has 0 fully saturated rings. The number of nitrogens with two attached hydrogens (primary N) is 1. The number of anilines is 1. The Morgan fingerprint density at radius 1 is 1.36 bits per heavy atom. The Balaban J connectivity index is 1.85. The number of amides is 1. The molecule has 1 aromatic heterocycles. The average Bonchev–Trinajstić information content (AvgIpc) is 3.02. The highest BCUT2D eigenvalue weighted by Gasteiger charge is 2.14. The van der Waals surface area contributed by atoms with Gasteiger partial charge in [0, 0.05) is 5.69 Å². The van der Waals surface area contributed by atoms with Crippen molar-refractivity contribution in [3.63, 3.8) is 0 Å². The zero-order chi connectivity index (χ0) is 16.1. The SMILES string of the molecule is Cc1ccc(C(=O)OCC(=O)N[C@@H](C)c2ccco2)cc1N. The topological polar surface area (TPSA) is 94.6 Å². The van der Waals surface area contributed by atoms with E-state index >= 15 is 0 Å². The van der Waals surface area contributed by atoms with E-state index in [9.17, 15) is 9.59 Å². The van der Waals surface area contributed by atoms with Crippen LogP contribution in [0.4, 0.5) is 5.69 Å². The molecule has 6 nitrogen and oxygen atoms in total. The number of ether oxygens (including phenoxy) is 1. The second-order valence-corrected chi connectivity index (χ2v) is 4.95. The Labute approximate surface area is 128 Å². The zero-order valence-corrected chi connectivity index (χ0v) is 12.5. The van der Waals surface area contributed by atoms with Gasteiger partial charge in [0.05, 0.1) is 17.9 Å². The molecule has 0 bridgehead atoms. The first-order valence-electron chi connectivity index (χ1n) is 6.83. The van der Waals surface area contributed by atoms with Gasteiger partial charge < -0.3 is 20.2 Å². The Hall–Kier alpha value is -2.76. The molecule has 0 aliphatic carbocycles. The Morgan fingerprint density at radius 2 is 2.14 bits per heavy atom. The number of benzene rings is 1. The smallest absolute Gasteiger partial charge is 0.338 e. The van der Waals surface area contributed by atoms with Crippen LogP contribution in [-0.2, 0) is 9.53 Å². The van der Waals surface area contributed by atoms with Gasteiger partial charge in [0.15, 0.2) is 6.61 Å². The fourth-order valence-corrected chi connectivity index (χ4v) is 1.87. The summed E-state index contributed by atoms with van der Waals surface area (Å²) in [6.07, 6.45) is 1.53. The van der Waals surface area contributed by atoms with Crippen molar-refractivity contribution < 1.29 is 18.7 Å². The molecule has 1 amide bonds. The minimum atomic E-state index is -0.590. The summed E-state index contributed by atoms with van der Waals surface area (Å²) in [7, 11) is 0. The lowest BCUT2D eigenvalue weighted by atomic mass is 10.1. The maximum Gasteiger partial charge on any atom is 0.338 e. The predicted molar refractivity (Wildman–Crippen MR) is 81.1 cm³/mol.